The number of benzene rings is 1. The maximum Gasteiger partial charge on any atom is 0.253 e. The van der Waals surface area contributed by atoms with Crippen LogP contribution in [0, 0.1) is 0 Å². The van der Waals surface area contributed by atoms with Crippen LogP contribution in [0.2, 0.25) is 0 Å². The Labute approximate surface area is 113 Å². The highest BCUT2D eigenvalue weighted by Gasteiger charge is 2.23. The highest BCUT2D eigenvalue weighted by molar-refractivity contribution is 5.95. The lowest BCUT2D eigenvalue weighted by atomic mass is 9.99. The topological polar surface area (TPSA) is 50.4 Å². The SMILES string of the molecule is O=C(Nc1cccc2c1CNCC2)C1CCCCO1. The monoisotopic (exact) mass is 260 g/mol. The number of hydrogen-bond acceptors (Lipinski definition) is 3. The van der Waals surface area contributed by atoms with Gasteiger partial charge in [-0.25, -0.2) is 0 Å². The fraction of sp³-hybridized carbons (Fsp3) is 0.533. The summed E-state index contributed by atoms with van der Waals surface area (Å²) >= 11 is 0. The molecule has 0 radical (unpaired) electrons. The lowest BCUT2D eigenvalue weighted by Gasteiger charge is -2.24. The van der Waals surface area contributed by atoms with E-state index in [-0.39, 0.29) is 12.0 Å². The molecule has 2 heterocycles. The second-order valence-electron chi connectivity index (χ2n) is 5.21. The Morgan fingerprint density at radius 1 is 1.37 bits per heavy atom. The fourth-order valence-electron chi connectivity index (χ4n) is 2.79. The first-order valence-corrected chi connectivity index (χ1v) is 7.08. The lowest BCUT2D eigenvalue weighted by Crippen LogP contribution is -2.34. The van der Waals surface area contributed by atoms with Crippen molar-refractivity contribution in [1.29, 1.82) is 0 Å². The van der Waals surface area contributed by atoms with Gasteiger partial charge < -0.3 is 15.4 Å². The Kier molecular flexibility index (Phi) is 3.80. The molecule has 1 atom stereocenters. The van der Waals surface area contributed by atoms with Crippen LogP contribution in [-0.2, 0) is 22.5 Å². The molecular weight excluding hydrogens is 240 g/mol. The summed E-state index contributed by atoms with van der Waals surface area (Å²) in [6, 6.07) is 6.14. The molecule has 4 heteroatoms. The zero-order valence-corrected chi connectivity index (χ0v) is 11.1. The smallest absolute Gasteiger partial charge is 0.253 e. The van der Waals surface area contributed by atoms with Crippen molar-refractivity contribution in [3.05, 3.63) is 29.3 Å². The minimum Gasteiger partial charge on any atom is -0.368 e. The summed E-state index contributed by atoms with van der Waals surface area (Å²) in [7, 11) is 0. The first-order chi connectivity index (χ1) is 9.34. The van der Waals surface area contributed by atoms with Gasteiger partial charge in [-0.3, -0.25) is 4.79 Å². The Hall–Kier alpha value is -1.39. The summed E-state index contributed by atoms with van der Waals surface area (Å²) in [6.45, 7) is 2.54. The molecule has 1 amide bonds. The molecule has 102 valence electrons. The zero-order valence-electron chi connectivity index (χ0n) is 11.1. The molecule has 1 fully saturated rings. The van der Waals surface area contributed by atoms with Gasteiger partial charge in [-0.1, -0.05) is 12.1 Å². The third-order valence-electron chi connectivity index (χ3n) is 3.88. The second kappa shape index (κ2) is 5.72. The maximum absolute atomic E-state index is 12.2. The maximum atomic E-state index is 12.2. The number of nitrogens with one attached hydrogen (secondary N) is 2. The number of carbonyl (C=O) groups is 1. The Morgan fingerprint density at radius 3 is 3.16 bits per heavy atom. The molecule has 1 aromatic carbocycles. The minimum atomic E-state index is -0.277. The van der Waals surface area contributed by atoms with E-state index in [1.54, 1.807) is 0 Å². The van der Waals surface area contributed by atoms with Crippen molar-refractivity contribution >= 4 is 11.6 Å². The van der Waals surface area contributed by atoms with Gasteiger partial charge in [0.25, 0.3) is 5.91 Å². The van der Waals surface area contributed by atoms with Crippen molar-refractivity contribution < 1.29 is 9.53 Å². The van der Waals surface area contributed by atoms with Crippen LogP contribution in [0.25, 0.3) is 0 Å². The highest BCUT2D eigenvalue weighted by atomic mass is 16.5. The largest absolute Gasteiger partial charge is 0.368 e. The predicted octanol–water partition coefficient (Wildman–Crippen LogP) is 1.84. The fourth-order valence-corrected chi connectivity index (χ4v) is 2.79. The third kappa shape index (κ3) is 2.80. The number of hydrogen-bond donors (Lipinski definition) is 2. The van der Waals surface area contributed by atoms with Crippen molar-refractivity contribution in [1.82, 2.24) is 5.32 Å². The van der Waals surface area contributed by atoms with Gasteiger partial charge in [0.2, 0.25) is 0 Å². The van der Waals surface area contributed by atoms with Crippen molar-refractivity contribution in [3.63, 3.8) is 0 Å². The van der Waals surface area contributed by atoms with Crippen LogP contribution in [0.3, 0.4) is 0 Å². The summed E-state index contributed by atoms with van der Waals surface area (Å²) in [6.07, 6.45) is 3.72. The second-order valence-corrected chi connectivity index (χ2v) is 5.21. The van der Waals surface area contributed by atoms with E-state index >= 15 is 0 Å². The van der Waals surface area contributed by atoms with E-state index in [0.717, 1.165) is 44.5 Å². The van der Waals surface area contributed by atoms with Crippen LogP contribution in [0.4, 0.5) is 5.69 Å². The Bertz CT molecular complexity index is 467. The van der Waals surface area contributed by atoms with E-state index < -0.39 is 0 Å². The highest BCUT2D eigenvalue weighted by Crippen LogP contribution is 2.24. The number of ether oxygens (including phenoxy) is 1. The average molecular weight is 260 g/mol. The Morgan fingerprint density at radius 2 is 2.32 bits per heavy atom. The van der Waals surface area contributed by atoms with Gasteiger partial charge in [-0.05, 0) is 49.4 Å². The van der Waals surface area contributed by atoms with Crippen molar-refractivity contribution in [3.8, 4) is 0 Å². The molecule has 1 unspecified atom stereocenters. The van der Waals surface area contributed by atoms with Crippen LogP contribution in [0.5, 0.6) is 0 Å². The van der Waals surface area contributed by atoms with E-state index in [1.807, 2.05) is 12.1 Å². The quantitative estimate of drug-likeness (QED) is 0.853. The molecule has 1 saturated heterocycles. The molecular formula is C15H20N2O2. The first kappa shape index (κ1) is 12.6. The summed E-state index contributed by atoms with van der Waals surface area (Å²) in [4.78, 5) is 12.2. The van der Waals surface area contributed by atoms with Crippen molar-refractivity contribution in [2.75, 3.05) is 18.5 Å². The molecule has 0 aliphatic carbocycles. The van der Waals surface area contributed by atoms with Gasteiger partial charge in [-0.15, -0.1) is 0 Å². The summed E-state index contributed by atoms with van der Waals surface area (Å²) in [5.41, 5.74) is 3.49. The lowest BCUT2D eigenvalue weighted by molar-refractivity contribution is -0.129. The average Bonchev–Trinajstić information content (AvgIpc) is 2.48. The van der Waals surface area contributed by atoms with Crippen molar-refractivity contribution in [2.45, 2.75) is 38.3 Å². The van der Waals surface area contributed by atoms with Gasteiger partial charge in [0.05, 0.1) is 0 Å². The molecule has 1 aromatic rings. The van der Waals surface area contributed by atoms with Gasteiger partial charge in [0.15, 0.2) is 0 Å². The molecule has 19 heavy (non-hydrogen) atoms. The zero-order chi connectivity index (χ0) is 13.1. The Balaban J connectivity index is 1.74. The number of rotatable bonds is 2. The third-order valence-corrected chi connectivity index (χ3v) is 3.88. The predicted molar refractivity (Wildman–Crippen MR) is 74.1 cm³/mol. The molecule has 4 nitrogen and oxygen atoms in total. The molecule has 0 spiro atoms. The van der Waals surface area contributed by atoms with Gasteiger partial charge in [-0.2, -0.15) is 0 Å². The molecule has 2 aliphatic heterocycles. The normalized spacial score (nSPS) is 22.6. The molecule has 2 N–H and O–H groups in total. The molecule has 0 saturated carbocycles. The van der Waals surface area contributed by atoms with Crippen LogP contribution in [-0.4, -0.2) is 25.2 Å². The summed E-state index contributed by atoms with van der Waals surface area (Å²) < 4.78 is 5.53. The summed E-state index contributed by atoms with van der Waals surface area (Å²) in [5, 5.41) is 6.39. The first-order valence-electron chi connectivity index (χ1n) is 7.08. The van der Waals surface area contributed by atoms with E-state index in [0.29, 0.717) is 6.61 Å². The van der Waals surface area contributed by atoms with E-state index in [2.05, 4.69) is 16.7 Å². The number of carbonyl (C=O) groups excluding carboxylic acids is 1. The van der Waals surface area contributed by atoms with E-state index in [9.17, 15) is 4.79 Å². The van der Waals surface area contributed by atoms with Crippen LogP contribution in [0.15, 0.2) is 18.2 Å². The van der Waals surface area contributed by atoms with E-state index in [1.165, 1.54) is 11.1 Å². The number of anilines is 1. The molecule has 0 aromatic heterocycles. The standard InChI is InChI=1S/C15H20N2O2/c18-15(14-6-1-2-9-19-14)17-13-5-3-4-11-7-8-16-10-12(11)13/h3-5,14,16H,1-2,6-10H2,(H,17,18). The van der Waals surface area contributed by atoms with Crippen molar-refractivity contribution in [2.24, 2.45) is 0 Å². The number of fused-ring (bicyclic) bond motifs is 1. The van der Waals surface area contributed by atoms with Gasteiger partial charge >= 0.3 is 0 Å². The summed E-state index contributed by atoms with van der Waals surface area (Å²) in [5.74, 6) is -0.00123. The molecule has 3 rings (SSSR count). The van der Waals surface area contributed by atoms with Crippen LogP contribution < -0.4 is 10.6 Å². The molecule has 2 aliphatic rings. The van der Waals surface area contributed by atoms with Crippen LogP contribution in [0.1, 0.15) is 30.4 Å². The molecule has 0 bridgehead atoms. The van der Waals surface area contributed by atoms with Crippen LogP contribution >= 0.6 is 0 Å². The van der Waals surface area contributed by atoms with Gasteiger partial charge in [0.1, 0.15) is 6.10 Å². The van der Waals surface area contributed by atoms with E-state index in [4.69, 9.17) is 4.74 Å². The van der Waals surface area contributed by atoms with Gasteiger partial charge in [0, 0.05) is 18.8 Å². The minimum absolute atomic E-state index is 0.00123. The number of amides is 1.